The third-order valence-electron chi connectivity index (χ3n) is 5.88. The Labute approximate surface area is 170 Å². The van der Waals surface area contributed by atoms with E-state index in [0.29, 0.717) is 12.8 Å². The number of carbonyl (C=O) groups excluding carboxylic acids is 1. The first-order chi connectivity index (χ1) is 12.8. The molecule has 0 radical (unpaired) electrons. The van der Waals surface area contributed by atoms with Gasteiger partial charge in [-0.15, -0.1) is 0 Å². The molecule has 1 fully saturated rings. The Hall–Kier alpha value is -1.42. The highest BCUT2D eigenvalue weighted by Crippen LogP contribution is 2.38. The zero-order valence-corrected chi connectivity index (χ0v) is 19.1. The zero-order valence-electron chi connectivity index (χ0n) is 18.1. The molecule has 0 aromatic carbocycles. The van der Waals surface area contributed by atoms with Gasteiger partial charge in [0.25, 0.3) is 0 Å². The number of carboxylic acid groups (broad SMARTS) is 1. The molecule has 0 bridgehead atoms. The zero-order chi connectivity index (χ0) is 21.5. The second-order valence-electron chi connectivity index (χ2n) is 9.36. The van der Waals surface area contributed by atoms with E-state index >= 15 is 0 Å². The van der Waals surface area contributed by atoms with Gasteiger partial charge in [-0.05, 0) is 69.0 Å². The minimum atomic E-state index is -1.74. The maximum Gasteiger partial charge on any atom is 0.382 e. The molecule has 5 nitrogen and oxygen atoms in total. The van der Waals surface area contributed by atoms with E-state index in [2.05, 4.69) is 52.8 Å². The Morgan fingerprint density at radius 3 is 2.46 bits per heavy atom. The van der Waals surface area contributed by atoms with Crippen LogP contribution < -0.4 is 0 Å². The van der Waals surface area contributed by atoms with Crippen LogP contribution in [0.2, 0.25) is 18.1 Å². The number of aliphatic carboxylic acids is 1. The van der Waals surface area contributed by atoms with Gasteiger partial charge >= 0.3 is 5.97 Å². The van der Waals surface area contributed by atoms with E-state index in [4.69, 9.17) is 9.53 Å². The lowest BCUT2D eigenvalue weighted by atomic mass is 9.91. The molecule has 0 saturated heterocycles. The van der Waals surface area contributed by atoms with Gasteiger partial charge in [0.2, 0.25) is 5.78 Å². The summed E-state index contributed by atoms with van der Waals surface area (Å²) in [4.78, 5) is 22.6. The van der Waals surface area contributed by atoms with Crippen LogP contribution in [0.1, 0.15) is 59.8 Å². The summed E-state index contributed by atoms with van der Waals surface area (Å²) in [6.07, 6.45) is 7.48. The molecular formula is C22H36O5Si. The molecule has 4 atom stereocenters. The van der Waals surface area contributed by atoms with Crippen LogP contribution in [-0.2, 0) is 14.0 Å². The highest BCUT2D eigenvalue weighted by Gasteiger charge is 2.38. The number of unbranched alkanes of at least 4 members (excludes halogenated alkanes) is 1. The number of rotatable bonds is 8. The minimum absolute atomic E-state index is 0.0773. The smallest absolute Gasteiger partial charge is 0.382 e. The summed E-state index contributed by atoms with van der Waals surface area (Å²) in [7, 11) is -1.74. The summed E-state index contributed by atoms with van der Waals surface area (Å²) in [6.45, 7) is 13.4. The summed E-state index contributed by atoms with van der Waals surface area (Å²) in [6, 6.07) is 0. The number of allylic oxidation sites excluding steroid dienone is 2. The summed E-state index contributed by atoms with van der Waals surface area (Å²) in [5.74, 6) is 1.85. The second-order valence-corrected chi connectivity index (χ2v) is 14.1. The first-order valence-corrected chi connectivity index (χ1v) is 13.1. The van der Waals surface area contributed by atoms with Crippen molar-refractivity contribution in [1.29, 1.82) is 0 Å². The molecule has 0 unspecified atom stereocenters. The fourth-order valence-electron chi connectivity index (χ4n) is 3.30. The van der Waals surface area contributed by atoms with Crippen LogP contribution in [-0.4, -0.2) is 42.5 Å². The van der Waals surface area contributed by atoms with Crippen molar-refractivity contribution in [3.63, 3.8) is 0 Å². The first kappa shape index (κ1) is 24.6. The molecule has 1 aliphatic rings. The largest absolute Gasteiger partial charge is 0.472 e. The van der Waals surface area contributed by atoms with Gasteiger partial charge in [0.1, 0.15) is 0 Å². The monoisotopic (exact) mass is 408 g/mol. The molecule has 0 aromatic rings. The number of carboxylic acids is 1. The van der Waals surface area contributed by atoms with Crippen molar-refractivity contribution in [2.75, 3.05) is 0 Å². The van der Waals surface area contributed by atoms with Crippen molar-refractivity contribution >= 4 is 20.1 Å². The SMILES string of the molecule is C[C@@H](CCC/C=C/[C@@H]1C[C@H](O)C[C@H]1C(=O)C#CC(=O)O)O[Si](C)(C)C(C)(C)C. The van der Waals surface area contributed by atoms with Gasteiger partial charge in [-0.2, -0.15) is 0 Å². The van der Waals surface area contributed by atoms with Crippen molar-refractivity contribution in [3.05, 3.63) is 12.2 Å². The maximum atomic E-state index is 12.1. The molecule has 6 heteroatoms. The predicted octanol–water partition coefficient (Wildman–Crippen LogP) is 4.17. The van der Waals surface area contributed by atoms with Crippen molar-refractivity contribution in [2.24, 2.45) is 11.8 Å². The van der Waals surface area contributed by atoms with E-state index in [-0.39, 0.29) is 17.1 Å². The van der Waals surface area contributed by atoms with Crippen molar-refractivity contribution in [3.8, 4) is 11.8 Å². The van der Waals surface area contributed by atoms with Crippen molar-refractivity contribution < 1.29 is 24.2 Å². The summed E-state index contributed by atoms with van der Waals surface area (Å²) < 4.78 is 6.36. The van der Waals surface area contributed by atoms with E-state index < -0.39 is 32.1 Å². The fraction of sp³-hybridized carbons (Fsp3) is 0.727. The molecule has 0 aliphatic heterocycles. The molecule has 158 valence electrons. The number of hydrogen-bond donors (Lipinski definition) is 2. The highest BCUT2D eigenvalue weighted by atomic mass is 28.4. The Bertz CT molecular complexity index is 636. The van der Waals surface area contributed by atoms with Gasteiger partial charge < -0.3 is 14.6 Å². The van der Waals surface area contributed by atoms with Gasteiger partial charge in [-0.25, -0.2) is 4.79 Å². The number of aliphatic hydroxyl groups excluding tert-OH is 1. The Kier molecular flexibility index (Phi) is 9.13. The van der Waals surface area contributed by atoms with Gasteiger partial charge in [-0.1, -0.05) is 32.9 Å². The molecule has 1 saturated carbocycles. The average Bonchev–Trinajstić information content (AvgIpc) is 2.91. The third-order valence-corrected chi connectivity index (χ3v) is 10.5. The fourth-order valence-corrected chi connectivity index (χ4v) is 4.77. The topological polar surface area (TPSA) is 83.8 Å². The molecular weight excluding hydrogens is 372 g/mol. The van der Waals surface area contributed by atoms with Gasteiger partial charge in [0.15, 0.2) is 8.32 Å². The molecule has 0 spiro atoms. The van der Waals surface area contributed by atoms with Crippen LogP contribution >= 0.6 is 0 Å². The first-order valence-electron chi connectivity index (χ1n) is 10.1. The lowest BCUT2D eigenvalue weighted by Gasteiger charge is -2.38. The van der Waals surface area contributed by atoms with Crippen molar-refractivity contribution in [1.82, 2.24) is 0 Å². The molecule has 0 heterocycles. The molecule has 0 amide bonds. The number of Topliss-reactive ketones (excluding diaryl/α,β-unsaturated/α-hetero) is 1. The van der Waals surface area contributed by atoms with Crippen LogP contribution in [0.4, 0.5) is 0 Å². The van der Waals surface area contributed by atoms with E-state index in [1.807, 2.05) is 12.0 Å². The van der Waals surface area contributed by atoms with Crippen LogP contribution in [0.5, 0.6) is 0 Å². The lowest BCUT2D eigenvalue weighted by molar-refractivity contribution is -0.130. The maximum absolute atomic E-state index is 12.1. The predicted molar refractivity (Wildman–Crippen MR) is 113 cm³/mol. The Morgan fingerprint density at radius 1 is 1.25 bits per heavy atom. The highest BCUT2D eigenvalue weighted by molar-refractivity contribution is 6.74. The molecule has 28 heavy (non-hydrogen) atoms. The number of hydrogen-bond acceptors (Lipinski definition) is 4. The number of carbonyl (C=O) groups is 2. The second kappa shape index (κ2) is 10.4. The molecule has 0 aromatic heterocycles. The average molecular weight is 409 g/mol. The summed E-state index contributed by atoms with van der Waals surface area (Å²) in [5.41, 5.74) is 0. The van der Waals surface area contributed by atoms with Crippen LogP contribution in [0, 0.1) is 23.7 Å². The molecule has 2 N–H and O–H groups in total. The van der Waals surface area contributed by atoms with Crippen LogP contribution in [0.3, 0.4) is 0 Å². The number of aliphatic hydroxyl groups is 1. The summed E-state index contributed by atoms with van der Waals surface area (Å²) >= 11 is 0. The number of ketones is 1. The van der Waals surface area contributed by atoms with Crippen LogP contribution in [0.15, 0.2) is 12.2 Å². The van der Waals surface area contributed by atoms with Crippen molar-refractivity contribution in [2.45, 2.75) is 90.1 Å². The third kappa shape index (κ3) is 7.90. The Balaban J connectivity index is 2.48. The molecule has 1 rings (SSSR count). The minimum Gasteiger partial charge on any atom is -0.472 e. The molecule has 1 aliphatic carbocycles. The van der Waals surface area contributed by atoms with Gasteiger partial charge in [0.05, 0.1) is 6.10 Å². The van der Waals surface area contributed by atoms with Crippen LogP contribution in [0.25, 0.3) is 0 Å². The standard InChI is InChI=1S/C22H36O5Si/c1-16(27-28(5,6)22(2,3)4)10-8-7-9-11-17-14-18(23)15-19(17)20(24)12-13-21(25)26/h9,11,16-19,23H,7-8,10,14-15H2,1-6H3,(H,25,26)/b11-9+/t16-,17+,18-,19+/m0/s1. The van der Waals surface area contributed by atoms with E-state index in [0.717, 1.165) is 19.3 Å². The van der Waals surface area contributed by atoms with E-state index in [9.17, 15) is 14.7 Å². The quantitative estimate of drug-likeness (QED) is 0.207. The summed E-state index contributed by atoms with van der Waals surface area (Å²) in [5, 5.41) is 18.7. The lowest BCUT2D eigenvalue weighted by Crippen LogP contribution is -2.43. The van der Waals surface area contributed by atoms with Gasteiger partial charge in [-0.3, -0.25) is 4.79 Å². The normalized spacial score (nSPS) is 24.0. The Morgan fingerprint density at radius 2 is 1.89 bits per heavy atom. The van der Waals surface area contributed by atoms with E-state index in [1.165, 1.54) is 0 Å². The van der Waals surface area contributed by atoms with Gasteiger partial charge in [0, 0.05) is 17.9 Å². The van der Waals surface area contributed by atoms with E-state index in [1.54, 1.807) is 0 Å².